The van der Waals surface area contributed by atoms with Gasteiger partial charge in [0.05, 0.1) is 29.2 Å². The van der Waals surface area contributed by atoms with Crippen LogP contribution in [0.4, 0.5) is 0 Å². The van der Waals surface area contributed by atoms with E-state index >= 15 is 0 Å². The molecule has 0 fully saturated rings. The first kappa shape index (κ1) is 22.4. The van der Waals surface area contributed by atoms with Crippen LogP contribution in [-0.2, 0) is 5.66 Å². The molecule has 45 heavy (non-hydrogen) atoms. The molecule has 0 saturated carbocycles. The SMILES string of the molecule is c1cc2c3c(c1)-n1cc(-c4ccc5ccc6ccccc6n45)c[n+]1C31c3c(ccc4c5ccccc5n(c34)-c3cccc[n+]31)O2. The van der Waals surface area contributed by atoms with Crippen LogP contribution in [-0.4, -0.2) is 13.6 Å². The van der Waals surface area contributed by atoms with Crippen LogP contribution in [0.5, 0.6) is 11.5 Å². The van der Waals surface area contributed by atoms with Crippen molar-refractivity contribution in [3.05, 3.63) is 151 Å². The lowest BCUT2D eigenvalue weighted by Gasteiger charge is -2.32. The number of nitrogens with zero attached hydrogens (tertiary/aromatic N) is 5. The number of pyridine rings is 2. The standard InChI is InChI=1S/C39H23N5O/c1-3-10-29-24(8-1)15-16-26-17-19-30(43(26)29)25-22-41-32-12-7-13-33-36(32)39(42(41)23-25)37-34(45-33)20-18-28-27-9-2-4-11-31(27)44(38(28)37)35-14-5-6-21-40(35)39/h1-23H/q+2. The Morgan fingerprint density at radius 2 is 1.49 bits per heavy atom. The molecule has 12 rings (SSSR count). The van der Waals surface area contributed by atoms with Crippen molar-refractivity contribution < 1.29 is 14.0 Å². The van der Waals surface area contributed by atoms with Gasteiger partial charge in [-0.3, -0.25) is 0 Å². The van der Waals surface area contributed by atoms with Gasteiger partial charge < -0.3 is 9.14 Å². The Morgan fingerprint density at radius 3 is 2.47 bits per heavy atom. The minimum atomic E-state index is -0.687. The monoisotopic (exact) mass is 577 g/mol. The molecule has 0 amide bonds. The van der Waals surface area contributed by atoms with Crippen molar-refractivity contribution in [3.63, 3.8) is 0 Å². The van der Waals surface area contributed by atoms with E-state index in [1.54, 1.807) is 0 Å². The summed E-state index contributed by atoms with van der Waals surface area (Å²) in [6.07, 6.45) is 6.86. The molecule has 6 nitrogen and oxygen atoms in total. The van der Waals surface area contributed by atoms with Crippen molar-refractivity contribution >= 4 is 38.2 Å². The molecule has 3 aliphatic heterocycles. The van der Waals surface area contributed by atoms with Gasteiger partial charge in [-0.2, -0.15) is 9.13 Å². The zero-order chi connectivity index (χ0) is 29.0. The summed E-state index contributed by atoms with van der Waals surface area (Å²) in [4.78, 5) is 0. The highest BCUT2D eigenvalue weighted by Crippen LogP contribution is 2.55. The summed E-state index contributed by atoms with van der Waals surface area (Å²) in [6, 6.07) is 43.6. The summed E-state index contributed by atoms with van der Waals surface area (Å²) in [5.41, 5.74) is 9.86. The van der Waals surface area contributed by atoms with Gasteiger partial charge in [-0.1, -0.05) is 53.2 Å². The number of ether oxygens (including phenoxy) is 1. The predicted molar refractivity (Wildman–Crippen MR) is 172 cm³/mol. The summed E-state index contributed by atoms with van der Waals surface area (Å²) in [7, 11) is 0. The van der Waals surface area contributed by atoms with Gasteiger partial charge in [0.25, 0.3) is 5.82 Å². The van der Waals surface area contributed by atoms with Crippen LogP contribution in [0.25, 0.3) is 61.0 Å². The number of rotatable bonds is 1. The van der Waals surface area contributed by atoms with Gasteiger partial charge in [-0.25, -0.2) is 0 Å². The molecule has 5 aromatic heterocycles. The summed E-state index contributed by atoms with van der Waals surface area (Å²) in [6.45, 7) is 0. The van der Waals surface area contributed by atoms with E-state index in [-0.39, 0.29) is 0 Å². The van der Waals surface area contributed by atoms with Gasteiger partial charge in [0.2, 0.25) is 6.20 Å². The summed E-state index contributed by atoms with van der Waals surface area (Å²) >= 11 is 0. The number of aromatic nitrogens is 5. The Bertz CT molecular complexity index is 2820. The normalized spacial score (nSPS) is 16.7. The van der Waals surface area contributed by atoms with E-state index in [4.69, 9.17) is 4.74 Å². The molecule has 9 aromatic rings. The van der Waals surface area contributed by atoms with E-state index in [0.29, 0.717) is 0 Å². The second-order valence-electron chi connectivity index (χ2n) is 12.3. The van der Waals surface area contributed by atoms with Gasteiger partial charge in [0, 0.05) is 22.4 Å². The van der Waals surface area contributed by atoms with Crippen molar-refractivity contribution in [2.75, 3.05) is 0 Å². The summed E-state index contributed by atoms with van der Waals surface area (Å²) < 4.78 is 18.8. The minimum Gasteiger partial charge on any atom is -0.456 e. The second-order valence-corrected chi connectivity index (χ2v) is 12.3. The lowest BCUT2D eigenvalue weighted by Crippen LogP contribution is -2.76. The average molecular weight is 578 g/mol. The molecule has 0 aliphatic carbocycles. The molecular formula is C39H23N5O+2. The predicted octanol–water partition coefficient (Wildman–Crippen LogP) is 7.25. The lowest BCUT2D eigenvalue weighted by molar-refractivity contribution is -0.993. The van der Waals surface area contributed by atoms with E-state index in [9.17, 15) is 0 Å². The molecule has 8 heterocycles. The highest BCUT2D eigenvalue weighted by molar-refractivity contribution is 6.11. The minimum absolute atomic E-state index is 0.687. The molecule has 0 N–H and O–H groups in total. The third-order valence-electron chi connectivity index (χ3n) is 10.3. The van der Waals surface area contributed by atoms with E-state index in [0.717, 1.165) is 34.1 Å². The first-order chi connectivity index (χ1) is 22.3. The third-order valence-corrected chi connectivity index (χ3v) is 10.3. The molecule has 6 heteroatoms. The summed E-state index contributed by atoms with van der Waals surface area (Å²) in [5.74, 6) is 2.91. The maximum Gasteiger partial charge on any atom is 0.397 e. The highest BCUT2D eigenvalue weighted by Gasteiger charge is 2.68. The van der Waals surface area contributed by atoms with Crippen LogP contribution < -0.4 is 14.0 Å². The highest BCUT2D eigenvalue weighted by atomic mass is 16.5. The zero-order valence-electron chi connectivity index (χ0n) is 23.9. The van der Waals surface area contributed by atoms with Crippen LogP contribution in [0.15, 0.2) is 140 Å². The average Bonchev–Trinajstić information content (AvgIpc) is 3.85. The second kappa shape index (κ2) is 7.31. The fraction of sp³-hybridized carbons (Fsp3) is 0.0256. The van der Waals surface area contributed by atoms with Crippen molar-refractivity contribution in [2.45, 2.75) is 5.66 Å². The molecule has 4 aromatic carbocycles. The first-order valence-electron chi connectivity index (χ1n) is 15.4. The molecule has 1 atom stereocenters. The fourth-order valence-electron chi connectivity index (χ4n) is 8.63. The maximum absolute atomic E-state index is 6.79. The van der Waals surface area contributed by atoms with Gasteiger partial charge in [0.1, 0.15) is 28.3 Å². The number of hydrogen-bond acceptors (Lipinski definition) is 1. The molecule has 1 spiro atoms. The van der Waals surface area contributed by atoms with Crippen molar-refractivity contribution in [1.82, 2.24) is 13.6 Å². The number of hydrogen-bond donors (Lipinski definition) is 0. The lowest BCUT2D eigenvalue weighted by atomic mass is 9.84. The van der Waals surface area contributed by atoms with Gasteiger partial charge in [-0.05, 0) is 72.1 Å². The third kappa shape index (κ3) is 2.35. The van der Waals surface area contributed by atoms with Gasteiger partial charge in [0.15, 0.2) is 11.1 Å². The maximum atomic E-state index is 6.79. The van der Waals surface area contributed by atoms with Crippen molar-refractivity contribution in [3.8, 4) is 34.3 Å². The summed E-state index contributed by atoms with van der Waals surface area (Å²) in [5, 5.41) is 3.70. The zero-order valence-corrected chi connectivity index (χ0v) is 23.9. The Hall–Kier alpha value is -6.14. The van der Waals surface area contributed by atoms with E-state index in [2.05, 4.69) is 163 Å². The Labute approximate surface area is 256 Å². The van der Waals surface area contributed by atoms with Crippen LogP contribution in [0.1, 0.15) is 11.1 Å². The van der Waals surface area contributed by atoms with Crippen LogP contribution >= 0.6 is 0 Å². The molecular weight excluding hydrogens is 554 g/mol. The molecule has 1 unspecified atom stereocenters. The van der Waals surface area contributed by atoms with Crippen molar-refractivity contribution in [2.24, 2.45) is 0 Å². The number of benzene rings is 4. The number of fused-ring (bicyclic) bond motifs is 10. The quantitative estimate of drug-likeness (QED) is 0.189. The van der Waals surface area contributed by atoms with E-state index in [1.165, 1.54) is 49.5 Å². The fourth-order valence-corrected chi connectivity index (χ4v) is 8.63. The molecule has 0 bridgehead atoms. The number of para-hydroxylation sites is 2. The molecule has 0 saturated heterocycles. The van der Waals surface area contributed by atoms with Gasteiger partial charge >= 0.3 is 5.66 Å². The van der Waals surface area contributed by atoms with Crippen molar-refractivity contribution in [1.29, 1.82) is 0 Å². The first-order valence-corrected chi connectivity index (χ1v) is 15.4. The Balaban J connectivity index is 1.27. The van der Waals surface area contributed by atoms with Crippen LogP contribution in [0.3, 0.4) is 0 Å². The van der Waals surface area contributed by atoms with Crippen LogP contribution in [0.2, 0.25) is 0 Å². The Kier molecular flexibility index (Phi) is 3.64. The largest absolute Gasteiger partial charge is 0.456 e. The van der Waals surface area contributed by atoms with Crippen LogP contribution in [0, 0.1) is 0 Å². The van der Waals surface area contributed by atoms with E-state index in [1.807, 2.05) is 0 Å². The molecule has 3 aliphatic rings. The smallest absolute Gasteiger partial charge is 0.397 e. The molecule has 208 valence electrons. The topological polar surface area (TPSA) is 31.3 Å². The molecule has 0 radical (unpaired) electrons. The van der Waals surface area contributed by atoms with Gasteiger partial charge in [-0.15, -0.1) is 4.68 Å². The Morgan fingerprint density at radius 1 is 0.644 bits per heavy atom. The van der Waals surface area contributed by atoms with E-state index < -0.39 is 5.66 Å².